The summed E-state index contributed by atoms with van der Waals surface area (Å²) in [5, 5.41) is 5.87. The van der Waals surface area contributed by atoms with Gasteiger partial charge in [-0.3, -0.25) is 9.69 Å². The van der Waals surface area contributed by atoms with E-state index in [0.717, 1.165) is 24.9 Å². The first-order valence-electron chi connectivity index (χ1n) is 8.23. The van der Waals surface area contributed by atoms with Gasteiger partial charge < -0.3 is 16.4 Å². The van der Waals surface area contributed by atoms with Crippen LogP contribution < -0.4 is 21.3 Å². The molecule has 1 saturated heterocycles. The van der Waals surface area contributed by atoms with Crippen LogP contribution in [0.15, 0.2) is 24.3 Å². The average molecular weight is 355 g/mol. The maximum atomic E-state index is 12.6. The Morgan fingerprint density at radius 2 is 2.08 bits per heavy atom. The van der Waals surface area contributed by atoms with E-state index >= 15 is 0 Å². The van der Waals surface area contributed by atoms with Crippen LogP contribution in [0, 0.1) is 0 Å². The lowest BCUT2D eigenvalue weighted by Crippen LogP contribution is -2.52. The molecule has 0 atom stereocenters. The van der Waals surface area contributed by atoms with E-state index in [-0.39, 0.29) is 29.9 Å². The summed E-state index contributed by atoms with van der Waals surface area (Å²) in [6.45, 7) is 5.80. The van der Waals surface area contributed by atoms with Crippen molar-refractivity contribution in [1.82, 2.24) is 10.6 Å². The second-order valence-electron chi connectivity index (χ2n) is 5.93. The SMILES string of the molecule is CCC(CC)(CN)NC(=O)c1cccc(N2CCCNC2=O)c1.Cl. The lowest BCUT2D eigenvalue weighted by atomic mass is 9.92. The molecule has 4 N–H and O–H groups in total. The first-order valence-corrected chi connectivity index (χ1v) is 8.23. The number of halogens is 1. The van der Waals surface area contributed by atoms with Gasteiger partial charge in [-0.25, -0.2) is 4.79 Å². The third kappa shape index (κ3) is 4.39. The second kappa shape index (κ2) is 8.89. The number of benzene rings is 1. The van der Waals surface area contributed by atoms with Gasteiger partial charge in [0.25, 0.3) is 5.91 Å². The zero-order valence-corrected chi connectivity index (χ0v) is 15.1. The zero-order valence-electron chi connectivity index (χ0n) is 14.3. The topological polar surface area (TPSA) is 87.5 Å². The number of nitrogens with one attached hydrogen (secondary N) is 2. The van der Waals surface area contributed by atoms with E-state index < -0.39 is 0 Å². The molecule has 1 fully saturated rings. The summed E-state index contributed by atoms with van der Waals surface area (Å²) in [6, 6.07) is 7.04. The molecule has 1 heterocycles. The summed E-state index contributed by atoms with van der Waals surface area (Å²) in [7, 11) is 0. The highest BCUT2D eigenvalue weighted by Crippen LogP contribution is 2.20. The van der Waals surface area contributed by atoms with Gasteiger partial charge in [0.1, 0.15) is 0 Å². The van der Waals surface area contributed by atoms with E-state index in [1.165, 1.54) is 0 Å². The Morgan fingerprint density at radius 3 is 2.67 bits per heavy atom. The maximum Gasteiger partial charge on any atom is 0.321 e. The van der Waals surface area contributed by atoms with Gasteiger partial charge >= 0.3 is 6.03 Å². The lowest BCUT2D eigenvalue weighted by Gasteiger charge is -2.32. The molecule has 134 valence electrons. The van der Waals surface area contributed by atoms with Gasteiger partial charge in [-0.05, 0) is 37.5 Å². The Bertz CT molecular complexity index is 567. The first-order chi connectivity index (χ1) is 11.0. The predicted octanol–water partition coefficient (Wildman–Crippen LogP) is 2.28. The number of carbonyl (C=O) groups excluding carboxylic acids is 2. The van der Waals surface area contributed by atoms with Gasteiger partial charge in [0.05, 0.1) is 5.54 Å². The third-order valence-electron chi connectivity index (χ3n) is 4.62. The molecule has 1 aromatic carbocycles. The molecule has 3 amide bonds. The van der Waals surface area contributed by atoms with E-state index in [0.29, 0.717) is 25.2 Å². The van der Waals surface area contributed by atoms with Crippen LogP contribution >= 0.6 is 12.4 Å². The normalized spacial score (nSPS) is 14.6. The molecule has 0 aliphatic carbocycles. The van der Waals surface area contributed by atoms with E-state index in [4.69, 9.17) is 5.73 Å². The van der Waals surface area contributed by atoms with Crippen molar-refractivity contribution >= 4 is 30.0 Å². The Balaban J connectivity index is 0.00000288. The van der Waals surface area contributed by atoms with Crippen molar-refractivity contribution in [2.75, 3.05) is 24.5 Å². The van der Waals surface area contributed by atoms with Crippen molar-refractivity contribution in [3.05, 3.63) is 29.8 Å². The Hall–Kier alpha value is -1.79. The molecule has 2 rings (SSSR count). The minimum absolute atomic E-state index is 0. The lowest BCUT2D eigenvalue weighted by molar-refractivity contribution is 0.0895. The Morgan fingerprint density at radius 1 is 1.38 bits per heavy atom. The number of nitrogens with zero attached hydrogens (tertiary/aromatic N) is 1. The fraction of sp³-hybridized carbons (Fsp3) is 0.529. The van der Waals surface area contributed by atoms with Crippen LogP contribution in [-0.4, -0.2) is 37.1 Å². The number of anilines is 1. The fourth-order valence-corrected chi connectivity index (χ4v) is 2.77. The number of amides is 3. The summed E-state index contributed by atoms with van der Waals surface area (Å²) in [6.07, 6.45) is 2.45. The number of urea groups is 1. The van der Waals surface area contributed by atoms with Crippen molar-refractivity contribution in [1.29, 1.82) is 0 Å². The zero-order chi connectivity index (χ0) is 16.9. The molecule has 0 radical (unpaired) electrons. The molecule has 0 bridgehead atoms. The van der Waals surface area contributed by atoms with E-state index in [1.807, 2.05) is 19.9 Å². The van der Waals surface area contributed by atoms with E-state index in [2.05, 4.69) is 10.6 Å². The second-order valence-corrected chi connectivity index (χ2v) is 5.93. The Kier molecular flexibility index (Phi) is 7.51. The minimum atomic E-state index is -0.379. The molecule has 0 spiro atoms. The number of hydrogen-bond acceptors (Lipinski definition) is 3. The smallest absolute Gasteiger partial charge is 0.321 e. The average Bonchev–Trinajstić information content (AvgIpc) is 2.60. The summed E-state index contributed by atoms with van der Waals surface area (Å²) < 4.78 is 0. The monoisotopic (exact) mass is 354 g/mol. The molecule has 24 heavy (non-hydrogen) atoms. The number of rotatable bonds is 6. The van der Waals surface area contributed by atoms with Crippen molar-refractivity contribution < 1.29 is 9.59 Å². The highest BCUT2D eigenvalue weighted by Gasteiger charge is 2.27. The van der Waals surface area contributed by atoms with E-state index in [1.54, 1.807) is 23.1 Å². The highest BCUT2D eigenvalue weighted by atomic mass is 35.5. The predicted molar refractivity (Wildman–Crippen MR) is 98.9 cm³/mol. The van der Waals surface area contributed by atoms with Crippen LogP contribution in [0.25, 0.3) is 0 Å². The highest BCUT2D eigenvalue weighted by molar-refractivity contribution is 5.98. The van der Waals surface area contributed by atoms with Crippen LogP contribution in [0.1, 0.15) is 43.5 Å². The van der Waals surface area contributed by atoms with Crippen LogP contribution in [-0.2, 0) is 0 Å². The van der Waals surface area contributed by atoms with Gasteiger partial charge in [0, 0.05) is 30.9 Å². The molecule has 6 nitrogen and oxygen atoms in total. The van der Waals surface area contributed by atoms with Gasteiger partial charge in [-0.1, -0.05) is 19.9 Å². The third-order valence-corrected chi connectivity index (χ3v) is 4.62. The number of carbonyl (C=O) groups is 2. The van der Waals surface area contributed by atoms with Gasteiger partial charge in [-0.15, -0.1) is 12.4 Å². The summed E-state index contributed by atoms with van der Waals surface area (Å²) in [5.74, 6) is -0.154. The first kappa shape index (κ1) is 20.3. The summed E-state index contributed by atoms with van der Waals surface area (Å²) >= 11 is 0. The van der Waals surface area contributed by atoms with Crippen LogP contribution in [0.4, 0.5) is 10.5 Å². The van der Waals surface area contributed by atoms with Crippen LogP contribution in [0.3, 0.4) is 0 Å². The standard InChI is InChI=1S/C17H26N4O2.ClH/c1-3-17(4-2,12-18)20-15(22)13-7-5-8-14(11-13)21-10-6-9-19-16(21)23;/h5,7-8,11H,3-4,6,9-10,12,18H2,1-2H3,(H,19,23)(H,20,22);1H. The summed E-state index contributed by atoms with van der Waals surface area (Å²) in [4.78, 5) is 26.2. The molecule has 0 saturated carbocycles. The molecular weight excluding hydrogens is 328 g/mol. The Labute approximate surface area is 149 Å². The van der Waals surface area contributed by atoms with Crippen molar-refractivity contribution in [3.63, 3.8) is 0 Å². The molecular formula is C17H27ClN4O2. The maximum absolute atomic E-state index is 12.6. The molecule has 1 aromatic rings. The van der Waals surface area contributed by atoms with Crippen molar-refractivity contribution in [2.45, 2.75) is 38.6 Å². The van der Waals surface area contributed by atoms with Crippen molar-refractivity contribution in [3.8, 4) is 0 Å². The molecule has 7 heteroatoms. The fourth-order valence-electron chi connectivity index (χ4n) is 2.77. The van der Waals surface area contributed by atoms with Crippen LogP contribution in [0.2, 0.25) is 0 Å². The van der Waals surface area contributed by atoms with Crippen LogP contribution in [0.5, 0.6) is 0 Å². The van der Waals surface area contributed by atoms with Gasteiger partial charge in [0.15, 0.2) is 0 Å². The quantitative estimate of drug-likeness (QED) is 0.732. The number of hydrogen-bond donors (Lipinski definition) is 3. The molecule has 0 unspecified atom stereocenters. The molecule has 1 aliphatic rings. The van der Waals surface area contributed by atoms with Crippen molar-refractivity contribution in [2.24, 2.45) is 5.73 Å². The van der Waals surface area contributed by atoms with Gasteiger partial charge in [0.2, 0.25) is 0 Å². The van der Waals surface area contributed by atoms with Gasteiger partial charge in [-0.2, -0.15) is 0 Å². The molecule has 0 aromatic heterocycles. The minimum Gasteiger partial charge on any atom is -0.345 e. The largest absolute Gasteiger partial charge is 0.345 e. The number of nitrogens with two attached hydrogens (primary N) is 1. The summed E-state index contributed by atoms with van der Waals surface area (Å²) in [5.41, 5.74) is 6.74. The molecule has 1 aliphatic heterocycles. The van der Waals surface area contributed by atoms with E-state index in [9.17, 15) is 9.59 Å².